The normalized spacial score (nSPS) is 14.1. The number of hydrogen-bond donors (Lipinski definition) is 0. The average molecular weight is 318 g/mol. The highest BCUT2D eigenvalue weighted by atomic mass is 19.4. The van der Waals surface area contributed by atoms with Crippen LogP contribution in [-0.2, 0) is 9.53 Å². The molecule has 0 saturated heterocycles. The fourth-order valence-electron chi connectivity index (χ4n) is 1.42. The maximum atomic E-state index is 13.6. The third kappa shape index (κ3) is 5.24. The first-order valence-electron chi connectivity index (χ1n) is 5.53. The molecule has 1 rings (SSSR count). The van der Waals surface area contributed by atoms with Gasteiger partial charge in [-0.3, -0.25) is 4.79 Å². The van der Waals surface area contributed by atoms with Crippen molar-refractivity contribution in [1.82, 2.24) is 0 Å². The second kappa shape index (κ2) is 6.31. The molecule has 2 nitrogen and oxygen atoms in total. The average Bonchev–Trinajstić information content (AvgIpc) is 2.34. The Morgan fingerprint density at radius 2 is 1.48 bits per heavy atom. The summed E-state index contributed by atoms with van der Waals surface area (Å²) in [6.45, 7) is 0. The second-order valence-corrected chi connectivity index (χ2v) is 4.04. The zero-order chi connectivity index (χ0) is 16.3. The maximum absolute atomic E-state index is 13.6. The molecule has 1 unspecified atom stereocenters. The molecule has 118 valence electrons. The molecule has 1 aromatic carbocycles. The van der Waals surface area contributed by atoms with E-state index < -0.39 is 37.0 Å². The van der Waals surface area contributed by atoms with Crippen molar-refractivity contribution in [1.29, 1.82) is 0 Å². The Hall–Kier alpha value is -1.80. The van der Waals surface area contributed by atoms with Gasteiger partial charge in [-0.2, -0.15) is 26.3 Å². The van der Waals surface area contributed by atoms with Crippen LogP contribution in [0.5, 0.6) is 0 Å². The first-order valence-corrected chi connectivity index (χ1v) is 5.53. The van der Waals surface area contributed by atoms with Gasteiger partial charge in [0, 0.05) is 0 Å². The van der Waals surface area contributed by atoms with Gasteiger partial charge in [-0.05, 0) is 5.56 Å². The van der Waals surface area contributed by atoms with Crippen LogP contribution in [0.25, 0.3) is 0 Å². The molecule has 0 fully saturated rings. The molecule has 0 spiro atoms. The van der Waals surface area contributed by atoms with E-state index in [4.69, 9.17) is 0 Å². The van der Waals surface area contributed by atoms with Crippen LogP contribution in [0.3, 0.4) is 0 Å². The minimum Gasteiger partial charge on any atom is -0.443 e. The van der Waals surface area contributed by atoms with Gasteiger partial charge in [0.1, 0.15) is 6.17 Å². The monoisotopic (exact) mass is 318 g/mol. The van der Waals surface area contributed by atoms with E-state index in [1.807, 2.05) is 0 Å². The van der Waals surface area contributed by atoms with E-state index in [0.717, 1.165) is 0 Å². The van der Waals surface area contributed by atoms with Crippen LogP contribution >= 0.6 is 0 Å². The zero-order valence-corrected chi connectivity index (χ0v) is 10.2. The minimum absolute atomic E-state index is 0.0509. The molecule has 1 atom stereocenters. The van der Waals surface area contributed by atoms with Crippen molar-refractivity contribution in [2.24, 2.45) is 0 Å². The molecule has 0 aliphatic rings. The lowest BCUT2D eigenvalue weighted by molar-refractivity contribution is -0.313. The summed E-state index contributed by atoms with van der Waals surface area (Å²) in [6, 6.07) is 6.81. The molecule has 1 aromatic rings. The topological polar surface area (TPSA) is 26.3 Å². The van der Waals surface area contributed by atoms with Gasteiger partial charge in [0.05, 0.1) is 6.42 Å². The van der Waals surface area contributed by atoms with Crippen LogP contribution in [0.15, 0.2) is 30.3 Å². The van der Waals surface area contributed by atoms with Crippen molar-refractivity contribution >= 4 is 5.97 Å². The summed E-state index contributed by atoms with van der Waals surface area (Å²) >= 11 is 0. The van der Waals surface area contributed by atoms with Gasteiger partial charge in [0.2, 0.25) is 0 Å². The van der Waals surface area contributed by atoms with Gasteiger partial charge < -0.3 is 4.74 Å². The fourth-order valence-corrected chi connectivity index (χ4v) is 1.42. The van der Waals surface area contributed by atoms with Crippen molar-refractivity contribution in [2.75, 3.05) is 0 Å². The largest absolute Gasteiger partial charge is 0.443 e. The maximum Gasteiger partial charge on any atom is 0.434 e. The predicted octanol–water partition coefficient (Wildman–Crippen LogP) is 4.12. The second-order valence-electron chi connectivity index (χ2n) is 4.04. The molecule has 9 heteroatoms. The standard InChI is InChI=1S/C12H9F7O2/c13-8(7-4-2-1-3-5-7)6-9(20)21-10(11(14,15)16)12(17,18)19/h1-5,8,10H,6H2. The van der Waals surface area contributed by atoms with E-state index in [1.165, 1.54) is 30.3 Å². The van der Waals surface area contributed by atoms with Crippen molar-refractivity contribution in [2.45, 2.75) is 31.0 Å². The van der Waals surface area contributed by atoms with Crippen molar-refractivity contribution in [3.05, 3.63) is 35.9 Å². The zero-order valence-electron chi connectivity index (χ0n) is 10.2. The van der Waals surface area contributed by atoms with Gasteiger partial charge >= 0.3 is 18.3 Å². The molecule has 0 bridgehead atoms. The number of alkyl halides is 7. The van der Waals surface area contributed by atoms with E-state index in [1.54, 1.807) is 0 Å². The molecule has 0 aromatic heterocycles. The highest BCUT2D eigenvalue weighted by Gasteiger charge is 2.59. The Bertz CT molecular complexity index is 453. The van der Waals surface area contributed by atoms with Crippen LogP contribution in [-0.4, -0.2) is 24.4 Å². The van der Waals surface area contributed by atoms with Crippen molar-refractivity contribution in [3.8, 4) is 0 Å². The molecule has 0 heterocycles. The smallest absolute Gasteiger partial charge is 0.434 e. The van der Waals surface area contributed by atoms with E-state index in [2.05, 4.69) is 4.74 Å². The van der Waals surface area contributed by atoms with Crippen LogP contribution in [0, 0.1) is 0 Å². The van der Waals surface area contributed by atoms with Crippen LogP contribution in [0.4, 0.5) is 30.7 Å². The summed E-state index contributed by atoms with van der Waals surface area (Å²) in [7, 11) is 0. The molecule has 0 N–H and O–H groups in total. The summed E-state index contributed by atoms with van der Waals surface area (Å²) in [5.41, 5.74) is -0.0509. The lowest BCUT2D eigenvalue weighted by Gasteiger charge is -2.23. The lowest BCUT2D eigenvalue weighted by atomic mass is 10.1. The number of benzene rings is 1. The molecule has 0 amide bonds. The predicted molar refractivity (Wildman–Crippen MR) is 56.9 cm³/mol. The molecular formula is C12H9F7O2. The molecule has 0 radical (unpaired) electrons. The summed E-state index contributed by atoms with van der Waals surface area (Å²) in [6.07, 6.45) is -19.2. The van der Waals surface area contributed by atoms with E-state index in [0.29, 0.717) is 0 Å². The molecule has 21 heavy (non-hydrogen) atoms. The van der Waals surface area contributed by atoms with E-state index in [-0.39, 0.29) is 5.56 Å². The summed E-state index contributed by atoms with van der Waals surface area (Å²) in [5, 5.41) is 0. The Balaban J connectivity index is 2.71. The summed E-state index contributed by atoms with van der Waals surface area (Å²) in [4.78, 5) is 11.1. The van der Waals surface area contributed by atoms with Gasteiger partial charge in [-0.1, -0.05) is 30.3 Å². The van der Waals surface area contributed by atoms with Crippen molar-refractivity contribution < 1.29 is 40.3 Å². The van der Waals surface area contributed by atoms with Gasteiger partial charge in [-0.25, -0.2) is 4.39 Å². The first-order chi connectivity index (χ1) is 9.51. The lowest BCUT2D eigenvalue weighted by Crippen LogP contribution is -2.45. The van der Waals surface area contributed by atoms with Gasteiger partial charge in [0.25, 0.3) is 6.10 Å². The van der Waals surface area contributed by atoms with Crippen LogP contribution in [0.1, 0.15) is 18.2 Å². The third-order valence-corrected chi connectivity index (χ3v) is 2.35. The number of halogens is 7. The Morgan fingerprint density at radius 1 is 1.00 bits per heavy atom. The Kier molecular flexibility index (Phi) is 5.19. The highest BCUT2D eigenvalue weighted by Crippen LogP contribution is 2.36. The SMILES string of the molecule is O=C(CC(F)c1ccccc1)OC(C(F)(F)F)C(F)(F)F. The van der Waals surface area contributed by atoms with Crippen LogP contribution < -0.4 is 0 Å². The molecule has 0 saturated carbocycles. The number of carbonyl (C=O) groups excluding carboxylic acids is 1. The summed E-state index contributed by atoms with van der Waals surface area (Å²) < 4.78 is 89.8. The van der Waals surface area contributed by atoms with E-state index >= 15 is 0 Å². The number of esters is 1. The highest BCUT2D eigenvalue weighted by molar-refractivity contribution is 5.70. The number of hydrogen-bond acceptors (Lipinski definition) is 2. The molecular weight excluding hydrogens is 309 g/mol. The van der Waals surface area contributed by atoms with E-state index in [9.17, 15) is 35.5 Å². The molecule has 0 aliphatic carbocycles. The number of carbonyl (C=O) groups is 1. The first kappa shape index (κ1) is 17.3. The quantitative estimate of drug-likeness (QED) is 0.616. The minimum atomic E-state index is -5.81. The third-order valence-electron chi connectivity index (χ3n) is 2.35. The van der Waals surface area contributed by atoms with Gasteiger partial charge in [0.15, 0.2) is 0 Å². The van der Waals surface area contributed by atoms with Crippen LogP contribution in [0.2, 0.25) is 0 Å². The number of ether oxygens (including phenoxy) is 1. The number of rotatable bonds is 4. The fraction of sp³-hybridized carbons (Fsp3) is 0.417. The summed E-state index contributed by atoms with van der Waals surface area (Å²) in [5.74, 6) is -1.92. The molecule has 0 aliphatic heterocycles. The Labute approximate surface area is 114 Å². The van der Waals surface area contributed by atoms with Gasteiger partial charge in [-0.15, -0.1) is 0 Å². The van der Waals surface area contributed by atoms with Crippen molar-refractivity contribution in [3.63, 3.8) is 0 Å². The Morgan fingerprint density at radius 3 is 1.90 bits per heavy atom.